The summed E-state index contributed by atoms with van der Waals surface area (Å²) >= 11 is 0. The van der Waals surface area contributed by atoms with Gasteiger partial charge in [-0.1, -0.05) is 6.08 Å². The third kappa shape index (κ3) is 5.88. The Bertz CT molecular complexity index is 47.0. The van der Waals surface area contributed by atoms with E-state index in [9.17, 15) is 0 Å². The van der Waals surface area contributed by atoms with Crippen LogP contribution in [0.3, 0.4) is 0 Å². The Morgan fingerprint density at radius 2 is 2.43 bits per heavy atom. The Labute approximate surface area is 46.6 Å². The van der Waals surface area contributed by atoms with E-state index in [1.807, 2.05) is 0 Å². The summed E-state index contributed by atoms with van der Waals surface area (Å²) in [5, 5.41) is 0. The van der Waals surface area contributed by atoms with Crippen LogP contribution in [0.1, 0.15) is 6.42 Å². The van der Waals surface area contributed by atoms with E-state index >= 15 is 0 Å². The number of hydrogen-bond acceptors (Lipinski definition) is 2. The van der Waals surface area contributed by atoms with Gasteiger partial charge in [-0.05, 0) is 6.42 Å². The fourth-order valence-corrected chi connectivity index (χ4v) is 0.381. The van der Waals surface area contributed by atoms with Crippen LogP contribution in [-0.2, 0) is 9.46 Å². The van der Waals surface area contributed by atoms with Crippen molar-refractivity contribution in [3.63, 3.8) is 0 Å². The van der Waals surface area contributed by atoms with Gasteiger partial charge in [-0.3, -0.25) is 4.58 Å². The summed E-state index contributed by atoms with van der Waals surface area (Å²) in [6.45, 7) is 4.14. The van der Waals surface area contributed by atoms with E-state index in [0.717, 1.165) is 6.42 Å². The van der Waals surface area contributed by atoms with Gasteiger partial charge < -0.3 is 0 Å². The van der Waals surface area contributed by atoms with Crippen LogP contribution in [0, 0.1) is 0 Å². The molecule has 7 heavy (non-hydrogen) atoms. The van der Waals surface area contributed by atoms with Crippen LogP contribution < -0.4 is 0 Å². The average molecular weight is 118 g/mol. The molecule has 0 rings (SSSR count). The highest BCUT2D eigenvalue weighted by atomic mass is 28.2. The van der Waals surface area contributed by atoms with Crippen molar-refractivity contribution in [3.05, 3.63) is 12.7 Å². The van der Waals surface area contributed by atoms with Gasteiger partial charge in [-0.15, -0.1) is 6.58 Å². The lowest BCUT2D eigenvalue weighted by molar-refractivity contribution is -0.201. The molecule has 0 aliphatic heterocycles. The zero-order chi connectivity index (χ0) is 5.54. The summed E-state index contributed by atoms with van der Waals surface area (Å²) in [6.07, 6.45) is 2.66. The van der Waals surface area contributed by atoms with Gasteiger partial charge >= 0.3 is 0 Å². The van der Waals surface area contributed by atoms with Crippen LogP contribution in [0.5, 0.6) is 0 Å². The molecular formula is C4H10O2Si. The first-order valence-electron chi connectivity index (χ1n) is 2.18. The van der Waals surface area contributed by atoms with Gasteiger partial charge in [0.15, 0.2) is 10.5 Å². The molecule has 0 aliphatic rings. The van der Waals surface area contributed by atoms with Crippen molar-refractivity contribution < 1.29 is 9.46 Å². The van der Waals surface area contributed by atoms with Crippen LogP contribution in [0.4, 0.5) is 0 Å². The summed E-state index contributed by atoms with van der Waals surface area (Å²) in [5.74, 6) is 0. The van der Waals surface area contributed by atoms with E-state index in [1.54, 1.807) is 6.08 Å². The summed E-state index contributed by atoms with van der Waals surface area (Å²) in [5.41, 5.74) is 0. The molecular weight excluding hydrogens is 108 g/mol. The standard InChI is InChI=1S/C4H10O2Si/c1-2-3-4-5-6-7/h2H,1,3-4H2,7H3. The highest BCUT2D eigenvalue weighted by Gasteiger charge is 1.75. The topological polar surface area (TPSA) is 18.5 Å². The second-order valence-electron chi connectivity index (χ2n) is 1.07. The molecule has 2 nitrogen and oxygen atoms in total. The summed E-state index contributed by atoms with van der Waals surface area (Å²) < 4.78 is 4.43. The van der Waals surface area contributed by atoms with Crippen molar-refractivity contribution in [3.8, 4) is 0 Å². The molecule has 0 spiro atoms. The number of hydrogen-bond donors (Lipinski definition) is 0. The Morgan fingerprint density at radius 3 is 2.86 bits per heavy atom. The average Bonchev–Trinajstić information content (AvgIpc) is 1.69. The van der Waals surface area contributed by atoms with E-state index in [4.69, 9.17) is 0 Å². The maximum absolute atomic E-state index is 4.56. The predicted octanol–water partition coefficient (Wildman–Crippen LogP) is -0.209. The molecule has 0 bridgehead atoms. The maximum Gasteiger partial charge on any atom is 0.193 e. The SMILES string of the molecule is C=CCCOO[SiH3]. The lowest BCUT2D eigenvalue weighted by Gasteiger charge is -1.93. The van der Waals surface area contributed by atoms with Gasteiger partial charge in [-0.25, -0.2) is 4.89 Å². The molecule has 0 aromatic heterocycles. The van der Waals surface area contributed by atoms with Gasteiger partial charge in [0.2, 0.25) is 0 Å². The van der Waals surface area contributed by atoms with Crippen molar-refractivity contribution in [1.29, 1.82) is 0 Å². The fraction of sp³-hybridized carbons (Fsp3) is 0.500. The Morgan fingerprint density at radius 1 is 1.71 bits per heavy atom. The van der Waals surface area contributed by atoms with E-state index in [-0.39, 0.29) is 0 Å². The highest BCUT2D eigenvalue weighted by Crippen LogP contribution is 1.79. The molecule has 0 aromatic carbocycles. The normalized spacial score (nSPS) is 9.14. The minimum Gasteiger partial charge on any atom is -0.298 e. The van der Waals surface area contributed by atoms with Crippen molar-refractivity contribution >= 4 is 10.5 Å². The van der Waals surface area contributed by atoms with Crippen LogP contribution in [0.25, 0.3) is 0 Å². The molecule has 0 amide bonds. The monoisotopic (exact) mass is 118 g/mol. The molecule has 0 atom stereocenters. The first kappa shape index (κ1) is 6.88. The van der Waals surface area contributed by atoms with Crippen molar-refractivity contribution in [1.82, 2.24) is 0 Å². The second kappa shape index (κ2) is 5.88. The molecule has 0 aromatic rings. The minimum absolute atomic E-state index is 0.632. The van der Waals surface area contributed by atoms with Crippen LogP contribution in [0.2, 0.25) is 0 Å². The second-order valence-corrected chi connectivity index (χ2v) is 1.40. The fourth-order valence-electron chi connectivity index (χ4n) is 0.215. The smallest absolute Gasteiger partial charge is 0.193 e. The van der Waals surface area contributed by atoms with E-state index in [1.165, 1.54) is 0 Å². The Hall–Kier alpha value is -0.123. The lowest BCUT2D eigenvalue weighted by atomic mass is 10.5. The third-order valence-electron chi connectivity index (χ3n) is 0.523. The summed E-state index contributed by atoms with van der Waals surface area (Å²) in [7, 11) is 0.649. The Balaban J connectivity index is 2.56. The van der Waals surface area contributed by atoms with Crippen LogP contribution in [0.15, 0.2) is 12.7 Å². The molecule has 0 N–H and O–H groups in total. The lowest BCUT2D eigenvalue weighted by Crippen LogP contribution is -1.90. The van der Waals surface area contributed by atoms with Crippen molar-refractivity contribution in [2.45, 2.75) is 6.42 Å². The molecule has 0 radical (unpaired) electrons. The Kier molecular flexibility index (Phi) is 5.77. The first-order valence-corrected chi connectivity index (χ1v) is 3.00. The molecule has 0 saturated heterocycles. The predicted molar refractivity (Wildman–Crippen MR) is 31.8 cm³/mol. The third-order valence-corrected chi connectivity index (χ3v) is 0.759. The molecule has 0 aliphatic carbocycles. The van der Waals surface area contributed by atoms with E-state index in [0.29, 0.717) is 17.1 Å². The van der Waals surface area contributed by atoms with Crippen molar-refractivity contribution in [2.75, 3.05) is 6.61 Å². The van der Waals surface area contributed by atoms with Crippen molar-refractivity contribution in [2.24, 2.45) is 0 Å². The van der Waals surface area contributed by atoms with Gasteiger partial charge in [0.05, 0.1) is 6.61 Å². The quantitative estimate of drug-likeness (QED) is 0.167. The van der Waals surface area contributed by atoms with E-state index < -0.39 is 0 Å². The van der Waals surface area contributed by atoms with Gasteiger partial charge in [0.1, 0.15) is 0 Å². The van der Waals surface area contributed by atoms with Crippen LogP contribution in [-0.4, -0.2) is 17.1 Å². The zero-order valence-corrected chi connectivity index (χ0v) is 6.52. The van der Waals surface area contributed by atoms with Gasteiger partial charge in [0, 0.05) is 0 Å². The first-order chi connectivity index (χ1) is 3.41. The van der Waals surface area contributed by atoms with Crippen LogP contribution >= 0.6 is 0 Å². The van der Waals surface area contributed by atoms with Gasteiger partial charge in [-0.2, -0.15) is 0 Å². The molecule has 0 unspecified atom stereocenters. The number of rotatable bonds is 4. The molecule has 3 heteroatoms. The largest absolute Gasteiger partial charge is 0.298 e. The van der Waals surface area contributed by atoms with E-state index in [2.05, 4.69) is 16.0 Å². The summed E-state index contributed by atoms with van der Waals surface area (Å²) in [6, 6.07) is 0. The zero-order valence-electron chi connectivity index (χ0n) is 4.52. The maximum atomic E-state index is 4.56. The molecule has 0 heterocycles. The molecule has 0 saturated carbocycles. The highest BCUT2D eigenvalue weighted by molar-refractivity contribution is 5.97. The summed E-state index contributed by atoms with van der Waals surface area (Å²) in [4.78, 5) is 4.56. The van der Waals surface area contributed by atoms with Gasteiger partial charge in [0.25, 0.3) is 0 Å². The molecule has 0 fully saturated rings. The minimum atomic E-state index is 0.632. The molecule has 42 valence electrons.